The Labute approximate surface area is 105 Å². The van der Waals surface area contributed by atoms with Crippen LogP contribution in [0.1, 0.15) is 27.6 Å². The van der Waals surface area contributed by atoms with Crippen LogP contribution in [0.2, 0.25) is 0 Å². The lowest BCUT2D eigenvalue weighted by Crippen LogP contribution is -2.23. The van der Waals surface area contributed by atoms with Gasteiger partial charge in [0.2, 0.25) is 0 Å². The van der Waals surface area contributed by atoms with Gasteiger partial charge in [-0.15, -0.1) is 0 Å². The minimum Gasteiger partial charge on any atom is -0.455 e. The van der Waals surface area contributed by atoms with Gasteiger partial charge in [-0.1, -0.05) is 6.07 Å². The Bertz CT molecular complexity index is 549. The average Bonchev–Trinajstić information content (AvgIpc) is 2.86. The van der Waals surface area contributed by atoms with Crippen molar-refractivity contribution >= 4 is 5.91 Å². The first-order valence-electron chi connectivity index (χ1n) is 5.68. The number of carbonyl (C=O) groups excluding carboxylic acids is 1. The number of carbonyl (C=O) groups is 1. The predicted molar refractivity (Wildman–Crippen MR) is 66.7 cm³/mol. The molecule has 0 unspecified atom stereocenters. The molecule has 0 spiro atoms. The molecule has 3 N–H and O–H groups in total. The van der Waals surface area contributed by atoms with Crippen LogP contribution in [0.4, 0.5) is 0 Å². The number of aromatic nitrogens is 1. The molecule has 94 valence electrons. The Kier molecular flexibility index (Phi) is 3.74. The highest BCUT2D eigenvalue weighted by molar-refractivity contribution is 5.91. The maximum Gasteiger partial charge on any atom is 0.287 e. The number of nitrogens with zero attached hydrogens (tertiary/aromatic N) is 1. The van der Waals surface area contributed by atoms with Gasteiger partial charge in [0.25, 0.3) is 5.91 Å². The fourth-order valence-electron chi connectivity index (χ4n) is 1.56. The zero-order valence-electron chi connectivity index (χ0n) is 10.1. The van der Waals surface area contributed by atoms with Crippen molar-refractivity contribution in [2.75, 3.05) is 0 Å². The lowest BCUT2D eigenvalue weighted by molar-refractivity contribution is 0.0921. The van der Waals surface area contributed by atoms with E-state index in [0.29, 0.717) is 12.3 Å². The van der Waals surface area contributed by atoms with Crippen molar-refractivity contribution in [1.29, 1.82) is 0 Å². The molecule has 5 nitrogen and oxygen atoms in total. The first kappa shape index (κ1) is 12.3. The molecule has 0 atom stereocenters. The lowest BCUT2D eigenvalue weighted by atomic mass is 10.2. The number of hydrogen-bond donors (Lipinski definition) is 2. The average molecular weight is 245 g/mol. The fraction of sp³-hybridized carbons (Fsp3) is 0.231. The van der Waals surface area contributed by atoms with Crippen molar-refractivity contribution in [2.24, 2.45) is 5.73 Å². The number of amides is 1. The topological polar surface area (TPSA) is 81.2 Å². The molecule has 0 radical (unpaired) electrons. The summed E-state index contributed by atoms with van der Waals surface area (Å²) in [5, 5.41) is 2.76. The van der Waals surface area contributed by atoms with E-state index >= 15 is 0 Å². The number of pyridine rings is 1. The Balaban J connectivity index is 1.98. The molecule has 0 fully saturated rings. The Hall–Kier alpha value is -2.14. The van der Waals surface area contributed by atoms with Gasteiger partial charge < -0.3 is 15.5 Å². The van der Waals surface area contributed by atoms with Crippen LogP contribution < -0.4 is 11.1 Å². The van der Waals surface area contributed by atoms with Crippen molar-refractivity contribution in [3.8, 4) is 0 Å². The van der Waals surface area contributed by atoms with Gasteiger partial charge in [0, 0.05) is 6.20 Å². The van der Waals surface area contributed by atoms with Gasteiger partial charge in [-0.3, -0.25) is 9.78 Å². The summed E-state index contributed by atoms with van der Waals surface area (Å²) in [6, 6.07) is 7.12. The molecule has 2 rings (SSSR count). The maximum absolute atomic E-state index is 11.8. The molecule has 0 bridgehead atoms. The van der Waals surface area contributed by atoms with Crippen LogP contribution in [0.15, 0.2) is 34.9 Å². The van der Waals surface area contributed by atoms with Crippen molar-refractivity contribution in [3.05, 3.63) is 53.2 Å². The van der Waals surface area contributed by atoms with Gasteiger partial charge in [-0.2, -0.15) is 0 Å². The minimum absolute atomic E-state index is 0.264. The summed E-state index contributed by atoms with van der Waals surface area (Å²) in [5.41, 5.74) is 7.30. The van der Waals surface area contributed by atoms with E-state index < -0.39 is 0 Å². The Morgan fingerprint density at radius 1 is 1.44 bits per heavy atom. The largest absolute Gasteiger partial charge is 0.455 e. The van der Waals surface area contributed by atoms with Gasteiger partial charge >= 0.3 is 0 Å². The SMILES string of the molecule is Cc1cccnc1CNC(=O)c1ccc(CN)o1. The first-order valence-corrected chi connectivity index (χ1v) is 5.68. The standard InChI is InChI=1S/C13H15N3O2/c1-9-3-2-6-15-11(9)8-16-13(17)12-5-4-10(7-14)18-12/h2-6H,7-8,14H2,1H3,(H,16,17). The second-order valence-electron chi connectivity index (χ2n) is 3.92. The molecule has 5 heteroatoms. The van der Waals surface area contributed by atoms with E-state index in [2.05, 4.69) is 10.3 Å². The van der Waals surface area contributed by atoms with Crippen LogP contribution in [-0.2, 0) is 13.1 Å². The summed E-state index contributed by atoms with van der Waals surface area (Å²) in [6.07, 6.45) is 1.70. The van der Waals surface area contributed by atoms with Crippen LogP contribution in [0, 0.1) is 6.92 Å². The molecule has 0 aliphatic rings. The summed E-state index contributed by atoms with van der Waals surface area (Å²) in [7, 11) is 0. The smallest absolute Gasteiger partial charge is 0.287 e. The van der Waals surface area contributed by atoms with Crippen LogP contribution in [0.5, 0.6) is 0 Å². The third kappa shape index (κ3) is 2.75. The highest BCUT2D eigenvalue weighted by Gasteiger charge is 2.10. The van der Waals surface area contributed by atoms with Crippen molar-refractivity contribution < 1.29 is 9.21 Å². The normalized spacial score (nSPS) is 10.3. The highest BCUT2D eigenvalue weighted by Crippen LogP contribution is 2.08. The van der Waals surface area contributed by atoms with Gasteiger partial charge in [0.1, 0.15) is 5.76 Å². The molecule has 18 heavy (non-hydrogen) atoms. The molecule has 0 aliphatic carbocycles. The summed E-state index contributed by atoms with van der Waals surface area (Å²) in [5.74, 6) is 0.595. The van der Waals surface area contributed by atoms with Crippen molar-refractivity contribution in [3.63, 3.8) is 0 Å². The van der Waals surface area contributed by atoms with E-state index in [4.69, 9.17) is 10.2 Å². The molecule has 2 heterocycles. The van der Waals surface area contributed by atoms with E-state index in [1.807, 2.05) is 19.1 Å². The number of furan rings is 1. The zero-order valence-corrected chi connectivity index (χ0v) is 10.1. The van der Waals surface area contributed by atoms with Gasteiger partial charge in [0.05, 0.1) is 18.8 Å². The van der Waals surface area contributed by atoms with E-state index in [1.54, 1.807) is 18.3 Å². The molecule has 2 aromatic rings. The highest BCUT2D eigenvalue weighted by atomic mass is 16.4. The molecule has 0 saturated heterocycles. The van der Waals surface area contributed by atoms with Gasteiger partial charge in [0.15, 0.2) is 5.76 Å². The number of nitrogens with one attached hydrogen (secondary N) is 1. The molecule has 1 amide bonds. The van der Waals surface area contributed by atoms with Crippen LogP contribution in [-0.4, -0.2) is 10.9 Å². The monoisotopic (exact) mass is 245 g/mol. The quantitative estimate of drug-likeness (QED) is 0.852. The van der Waals surface area contributed by atoms with E-state index in [-0.39, 0.29) is 18.2 Å². The fourth-order valence-corrected chi connectivity index (χ4v) is 1.56. The summed E-state index contributed by atoms with van der Waals surface area (Å²) >= 11 is 0. The molecular formula is C13H15N3O2. The number of hydrogen-bond acceptors (Lipinski definition) is 4. The third-order valence-electron chi connectivity index (χ3n) is 2.62. The number of aryl methyl sites for hydroxylation is 1. The van der Waals surface area contributed by atoms with Crippen LogP contribution >= 0.6 is 0 Å². The minimum atomic E-state index is -0.264. The van der Waals surface area contributed by atoms with Crippen LogP contribution in [0.25, 0.3) is 0 Å². The Morgan fingerprint density at radius 3 is 2.94 bits per heavy atom. The summed E-state index contributed by atoms with van der Waals surface area (Å²) in [6.45, 7) is 2.62. The molecule has 0 aliphatic heterocycles. The molecular weight excluding hydrogens is 230 g/mol. The second kappa shape index (κ2) is 5.46. The molecule has 2 aromatic heterocycles. The van der Waals surface area contributed by atoms with Crippen LogP contribution in [0.3, 0.4) is 0 Å². The van der Waals surface area contributed by atoms with E-state index in [1.165, 1.54) is 0 Å². The van der Waals surface area contributed by atoms with Crippen molar-refractivity contribution in [2.45, 2.75) is 20.0 Å². The van der Waals surface area contributed by atoms with Gasteiger partial charge in [-0.25, -0.2) is 0 Å². The second-order valence-corrected chi connectivity index (χ2v) is 3.92. The summed E-state index contributed by atoms with van der Waals surface area (Å²) < 4.78 is 5.26. The first-order chi connectivity index (χ1) is 8.70. The van der Waals surface area contributed by atoms with Gasteiger partial charge in [-0.05, 0) is 30.7 Å². The Morgan fingerprint density at radius 2 is 2.28 bits per heavy atom. The lowest BCUT2D eigenvalue weighted by Gasteiger charge is -2.05. The van der Waals surface area contributed by atoms with E-state index in [9.17, 15) is 4.79 Å². The van der Waals surface area contributed by atoms with Crippen molar-refractivity contribution in [1.82, 2.24) is 10.3 Å². The number of nitrogens with two attached hydrogens (primary N) is 1. The zero-order chi connectivity index (χ0) is 13.0. The summed E-state index contributed by atoms with van der Waals surface area (Å²) in [4.78, 5) is 16.0. The number of rotatable bonds is 4. The predicted octanol–water partition coefficient (Wildman–Crippen LogP) is 1.37. The molecule has 0 saturated carbocycles. The maximum atomic E-state index is 11.8. The molecule has 0 aromatic carbocycles. The third-order valence-corrected chi connectivity index (χ3v) is 2.62. The van der Waals surface area contributed by atoms with E-state index in [0.717, 1.165) is 11.3 Å².